The molecule has 114 valence electrons. The standard InChI is InChI=1S/C13H15NO7/c1-18-10(15)6-20-9-5-3-4-8(13(14)17)12(9)21-7-11(16)19-2/h3-5H,6-7H2,1-2H3,(H2,14,17). The Morgan fingerprint density at radius 1 is 1.00 bits per heavy atom. The largest absolute Gasteiger partial charge is 0.478 e. The second-order valence-corrected chi connectivity index (χ2v) is 3.73. The van der Waals surface area contributed by atoms with Crippen LogP contribution in [0.15, 0.2) is 18.2 Å². The first-order valence-corrected chi connectivity index (χ1v) is 5.81. The molecule has 0 bridgehead atoms. The molecular formula is C13H15NO7. The first-order valence-electron chi connectivity index (χ1n) is 5.81. The molecule has 0 aliphatic carbocycles. The minimum Gasteiger partial charge on any atom is -0.478 e. The number of primary amides is 1. The van der Waals surface area contributed by atoms with E-state index in [0.717, 1.165) is 0 Å². The lowest BCUT2D eigenvalue weighted by Gasteiger charge is -2.14. The van der Waals surface area contributed by atoms with Gasteiger partial charge in [-0.15, -0.1) is 0 Å². The molecule has 0 fully saturated rings. The van der Waals surface area contributed by atoms with E-state index in [9.17, 15) is 14.4 Å². The molecule has 21 heavy (non-hydrogen) atoms. The number of esters is 2. The van der Waals surface area contributed by atoms with E-state index in [2.05, 4.69) is 9.47 Å². The van der Waals surface area contributed by atoms with Crippen LogP contribution in [0.25, 0.3) is 0 Å². The zero-order valence-electron chi connectivity index (χ0n) is 11.6. The summed E-state index contributed by atoms with van der Waals surface area (Å²) >= 11 is 0. The summed E-state index contributed by atoms with van der Waals surface area (Å²) in [6.45, 7) is -0.817. The van der Waals surface area contributed by atoms with Gasteiger partial charge >= 0.3 is 11.9 Å². The zero-order valence-corrected chi connectivity index (χ0v) is 11.6. The molecule has 1 aromatic carbocycles. The van der Waals surface area contributed by atoms with Crippen molar-refractivity contribution in [2.45, 2.75) is 0 Å². The van der Waals surface area contributed by atoms with E-state index in [1.807, 2.05) is 0 Å². The van der Waals surface area contributed by atoms with Crippen LogP contribution in [0.3, 0.4) is 0 Å². The van der Waals surface area contributed by atoms with Gasteiger partial charge in [0.05, 0.1) is 19.8 Å². The van der Waals surface area contributed by atoms with Gasteiger partial charge in [0, 0.05) is 0 Å². The first kappa shape index (κ1) is 16.3. The van der Waals surface area contributed by atoms with Crippen LogP contribution in [0, 0.1) is 0 Å². The fourth-order valence-corrected chi connectivity index (χ4v) is 1.36. The Balaban J connectivity index is 2.99. The lowest BCUT2D eigenvalue weighted by molar-refractivity contribution is -0.144. The van der Waals surface area contributed by atoms with E-state index in [1.165, 1.54) is 32.4 Å². The predicted molar refractivity (Wildman–Crippen MR) is 70.0 cm³/mol. The van der Waals surface area contributed by atoms with Gasteiger partial charge in [0.25, 0.3) is 5.91 Å². The van der Waals surface area contributed by atoms with Crippen molar-refractivity contribution in [1.82, 2.24) is 0 Å². The van der Waals surface area contributed by atoms with Crippen molar-refractivity contribution in [3.05, 3.63) is 23.8 Å². The molecule has 8 nitrogen and oxygen atoms in total. The zero-order chi connectivity index (χ0) is 15.8. The van der Waals surface area contributed by atoms with E-state index in [4.69, 9.17) is 15.2 Å². The highest BCUT2D eigenvalue weighted by atomic mass is 16.6. The molecule has 0 heterocycles. The summed E-state index contributed by atoms with van der Waals surface area (Å²) in [5.74, 6) is -1.98. The summed E-state index contributed by atoms with van der Waals surface area (Å²) < 4.78 is 19.3. The Kier molecular flexibility index (Phi) is 5.99. The molecule has 0 radical (unpaired) electrons. The van der Waals surface area contributed by atoms with Gasteiger partial charge < -0.3 is 24.7 Å². The SMILES string of the molecule is COC(=O)COc1cccc(C(N)=O)c1OCC(=O)OC. The monoisotopic (exact) mass is 297 g/mol. The third kappa shape index (κ3) is 4.68. The Morgan fingerprint density at radius 2 is 1.57 bits per heavy atom. The summed E-state index contributed by atoms with van der Waals surface area (Å²) in [6.07, 6.45) is 0. The lowest BCUT2D eigenvalue weighted by atomic mass is 10.2. The molecule has 0 unspecified atom stereocenters. The van der Waals surface area contributed by atoms with E-state index in [1.54, 1.807) is 0 Å². The van der Waals surface area contributed by atoms with Crippen LogP contribution in [0.2, 0.25) is 0 Å². The molecule has 0 saturated carbocycles. The quantitative estimate of drug-likeness (QED) is 0.698. The van der Waals surface area contributed by atoms with Crippen LogP contribution in [-0.4, -0.2) is 45.3 Å². The maximum Gasteiger partial charge on any atom is 0.343 e. The highest BCUT2D eigenvalue weighted by molar-refractivity contribution is 5.96. The fraction of sp³-hybridized carbons (Fsp3) is 0.308. The Morgan fingerprint density at radius 3 is 2.10 bits per heavy atom. The normalized spacial score (nSPS) is 9.62. The average Bonchev–Trinajstić information content (AvgIpc) is 2.49. The van der Waals surface area contributed by atoms with Gasteiger partial charge in [0.2, 0.25) is 0 Å². The van der Waals surface area contributed by atoms with E-state index < -0.39 is 24.5 Å². The number of ether oxygens (including phenoxy) is 4. The van der Waals surface area contributed by atoms with Crippen molar-refractivity contribution < 1.29 is 33.3 Å². The Labute approximate surface area is 120 Å². The highest BCUT2D eigenvalue weighted by Gasteiger charge is 2.17. The topological polar surface area (TPSA) is 114 Å². The molecule has 0 atom stereocenters. The van der Waals surface area contributed by atoms with Gasteiger partial charge in [-0.3, -0.25) is 4.79 Å². The van der Waals surface area contributed by atoms with Crippen molar-refractivity contribution in [2.24, 2.45) is 5.73 Å². The number of carbonyl (C=O) groups excluding carboxylic acids is 3. The number of hydrogen-bond donors (Lipinski definition) is 1. The summed E-state index contributed by atoms with van der Waals surface area (Å²) in [5.41, 5.74) is 5.24. The van der Waals surface area contributed by atoms with E-state index >= 15 is 0 Å². The number of amides is 1. The average molecular weight is 297 g/mol. The molecule has 0 aliphatic heterocycles. The molecule has 2 N–H and O–H groups in total. The highest BCUT2D eigenvalue weighted by Crippen LogP contribution is 2.31. The van der Waals surface area contributed by atoms with Crippen LogP contribution in [0.1, 0.15) is 10.4 Å². The maximum atomic E-state index is 11.4. The third-order valence-electron chi connectivity index (χ3n) is 2.38. The van der Waals surface area contributed by atoms with Gasteiger partial charge in [0.15, 0.2) is 24.7 Å². The van der Waals surface area contributed by atoms with Crippen molar-refractivity contribution in [3.63, 3.8) is 0 Å². The number of methoxy groups -OCH3 is 2. The summed E-state index contributed by atoms with van der Waals surface area (Å²) in [5, 5.41) is 0. The van der Waals surface area contributed by atoms with Crippen molar-refractivity contribution in [1.29, 1.82) is 0 Å². The van der Waals surface area contributed by atoms with Gasteiger partial charge in [-0.2, -0.15) is 0 Å². The van der Waals surface area contributed by atoms with Crippen LogP contribution < -0.4 is 15.2 Å². The van der Waals surface area contributed by atoms with Gasteiger partial charge in [-0.05, 0) is 12.1 Å². The fourth-order valence-electron chi connectivity index (χ4n) is 1.36. The molecule has 0 aliphatic rings. The van der Waals surface area contributed by atoms with Crippen LogP contribution in [-0.2, 0) is 19.1 Å². The van der Waals surface area contributed by atoms with Crippen molar-refractivity contribution >= 4 is 17.8 Å². The minimum atomic E-state index is -0.765. The molecular weight excluding hydrogens is 282 g/mol. The maximum absolute atomic E-state index is 11.4. The van der Waals surface area contributed by atoms with Crippen LogP contribution >= 0.6 is 0 Å². The van der Waals surface area contributed by atoms with E-state index in [0.29, 0.717) is 0 Å². The third-order valence-corrected chi connectivity index (χ3v) is 2.38. The first-order chi connectivity index (χ1) is 9.99. The number of para-hydroxylation sites is 1. The molecule has 1 aromatic rings. The molecule has 1 amide bonds. The molecule has 0 saturated heterocycles. The number of rotatable bonds is 7. The second-order valence-electron chi connectivity index (χ2n) is 3.73. The number of nitrogens with two attached hydrogens (primary N) is 1. The smallest absolute Gasteiger partial charge is 0.343 e. The van der Waals surface area contributed by atoms with Crippen LogP contribution in [0.5, 0.6) is 11.5 Å². The van der Waals surface area contributed by atoms with Crippen LogP contribution in [0.4, 0.5) is 0 Å². The van der Waals surface area contributed by atoms with Gasteiger partial charge in [-0.1, -0.05) is 6.07 Å². The minimum absolute atomic E-state index is 0.0151. The molecule has 1 rings (SSSR count). The number of benzene rings is 1. The van der Waals surface area contributed by atoms with Gasteiger partial charge in [-0.25, -0.2) is 9.59 Å². The summed E-state index contributed by atoms with van der Waals surface area (Å²) in [4.78, 5) is 33.5. The Hall–Kier alpha value is -2.77. The summed E-state index contributed by atoms with van der Waals surface area (Å²) in [6, 6.07) is 4.36. The molecule has 8 heteroatoms. The second kappa shape index (κ2) is 7.73. The molecule has 0 aromatic heterocycles. The van der Waals surface area contributed by atoms with Crippen molar-refractivity contribution in [2.75, 3.05) is 27.4 Å². The van der Waals surface area contributed by atoms with Crippen molar-refractivity contribution in [3.8, 4) is 11.5 Å². The number of hydrogen-bond acceptors (Lipinski definition) is 7. The lowest BCUT2D eigenvalue weighted by Crippen LogP contribution is -2.19. The number of carbonyl (C=O) groups is 3. The summed E-state index contributed by atoms with van der Waals surface area (Å²) in [7, 11) is 2.40. The molecule has 0 spiro atoms. The Bertz CT molecular complexity index is 541. The van der Waals surface area contributed by atoms with Gasteiger partial charge in [0.1, 0.15) is 0 Å². The predicted octanol–water partition coefficient (Wildman–Crippen LogP) is -0.111. The van der Waals surface area contributed by atoms with E-state index in [-0.39, 0.29) is 23.7 Å².